The van der Waals surface area contributed by atoms with Gasteiger partial charge >= 0.3 is 0 Å². The first kappa shape index (κ1) is 14.5. The van der Waals surface area contributed by atoms with Crippen LogP contribution in [0.25, 0.3) is 0 Å². The van der Waals surface area contributed by atoms with Gasteiger partial charge in [-0.25, -0.2) is 0 Å². The highest BCUT2D eigenvalue weighted by atomic mass is 32.1. The topological polar surface area (TPSA) is 50.8 Å². The molecule has 2 unspecified atom stereocenters. The second-order valence-electron chi connectivity index (χ2n) is 4.48. The summed E-state index contributed by atoms with van der Waals surface area (Å²) in [5, 5.41) is 7.41. The summed E-state index contributed by atoms with van der Waals surface area (Å²) in [6.45, 7) is 4.17. The van der Waals surface area contributed by atoms with Crippen molar-refractivity contribution in [3.8, 4) is 0 Å². The van der Waals surface area contributed by atoms with Gasteiger partial charge in [-0.1, -0.05) is 0 Å². The first-order valence-corrected chi connectivity index (χ1v) is 7.33. The summed E-state index contributed by atoms with van der Waals surface area (Å²) in [6.07, 6.45) is -0.0280. The molecule has 1 aromatic rings. The van der Waals surface area contributed by atoms with E-state index in [9.17, 15) is 4.79 Å². The molecule has 0 bridgehead atoms. The normalized spacial score (nSPS) is 23.3. The maximum Gasteiger partial charge on any atom is 0.241 e. The molecule has 0 aliphatic carbocycles. The van der Waals surface area contributed by atoms with Gasteiger partial charge in [-0.3, -0.25) is 10.1 Å². The molecule has 5 nitrogen and oxygen atoms in total. The molecule has 1 amide bonds. The number of hydrogen-bond donors (Lipinski definition) is 1. The van der Waals surface area contributed by atoms with Gasteiger partial charge in [0.15, 0.2) is 0 Å². The molecule has 6 heteroatoms. The molecule has 2 heterocycles. The Balaban J connectivity index is 1.89. The maximum atomic E-state index is 12.1. The lowest BCUT2D eigenvalue weighted by molar-refractivity contribution is -0.130. The third-order valence-electron chi connectivity index (χ3n) is 3.14. The Labute approximate surface area is 117 Å². The zero-order chi connectivity index (χ0) is 13.7. The highest BCUT2D eigenvalue weighted by Gasteiger charge is 2.36. The van der Waals surface area contributed by atoms with E-state index >= 15 is 0 Å². The molecule has 106 valence electrons. The van der Waals surface area contributed by atoms with Crippen LogP contribution in [0.15, 0.2) is 16.8 Å². The van der Waals surface area contributed by atoms with Gasteiger partial charge in [0.05, 0.1) is 25.9 Å². The summed E-state index contributed by atoms with van der Waals surface area (Å²) >= 11 is 1.64. The molecule has 0 radical (unpaired) electrons. The summed E-state index contributed by atoms with van der Waals surface area (Å²) in [7, 11) is 1.64. The average Bonchev–Trinajstić information content (AvgIpc) is 3.01. The second-order valence-corrected chi connectivity index (χ2v) is 5.26. The van der Waals surface area contributed by atoms with Gasteiger partial charge < -0.3 is 14.4 Å². The van der Waals surface area contributed by atoms with Crippen LogP contribution in [0.2, 0.25) is 0 Å². The van der Waals surface area contributed by atoms with Crippen molar-refractivity contribution in [3.63, 3.8) is 0 Å². The Morgan fingerprint density at radius 1 is 1.42 bits per heavy atom. The lowest BCUT2D eigenvalue weighted by atomic mass is 10.2. The Morgan fingerprint density at radius 2 is 2.26 bits per heavy atom. The predicted molar refractivity (Wildman–Crippen MR) is 74.1 cm³/mol. The fraction of sp³-hybridized carbons (Fsp3) is 0.615. The molecule has 0 spiro atoms. The molecule has 1 fully saturated rings. The van der Waals surface area contributed by atoms with Gasteiger partial charge in [-0.05, 0) is 29.3 Å². The molecule has 0 aromatic carbocycles. The van der Waals surface area contributed by atoms with Crippen molar-refractivity contribution in [1.82, 2.24) is 10.2 Å². The van der Waals surface area contributed by atoms with Crippen molar-refractivity contribution in [2.75, 3.05) is 33.5 Å². The monoisotopic (exact) mass is 284 g/mol. The molecule has 1 aliphatic rings. The van der Waals surface area contributed by atoms with E-state index in [2.05, 4.69) is 10.7 Å². The second kappa shape index (κ2) is 7.00. The van der Waals surface area contributed by atoms with E-state index in [-0.39, 0.29) is 18.1 Å². The molecule has 1 saturated heterocycles. The Bertz CT molecular complexity index is 397. The van der Waals surface area contributed by atoms with Crippen LogP contribution in [-0.2, 0) is 14.3 Å². The first-order valence-electron chi connectivity index (χ1n) is 6.39. The van der Waals surface area contributed by atoms with E-state index in [4.69, 9.17) is 9.47 Å². The molecule has 19 heavy (non-hydrogen) atoms. The highest BCUT2D eigenvalue weighted by molar-refractivity contribution is 7.07. The third-order valence-corrected chi connectivity index (χ3v) is 3.84. The average molecular weight is 284 g/mol. The predicted octanol–water partition coefficient (Wildman–Crippen LogP) is 1.23. The minimum Gasteiger partial charge on any atom is -0.382 e. The summed E-state index contributed by atoms with van der Waals surface area (Å²) in [6, 6.07) is 1.91. The number of carbonyl (C=O) groups excluding carboxylic acids is 1. The fourth-order valence-corrected chi connectivity index (χ4v) is 2.81. The van der Waals surface area contributed by atoms with Crippen LogP contribution in [0, 0.1) is 0 Å². The number of amides is 1. The van der Waals surface area contributed by atoms with Gasteiger partial charge in [0.25, 0.3) is 0 Å². The van der Waals surface area contributed by atoms with E-state index < -0.39 is 0 Å². The number of thiophene rings is 1. The summed E-state index contributed by atoms with van der Waals surface area (Å²) < 4.78 is 10.4. The van der Waals surface area contributed by atoms with E-state index in [0.717, 1.165) is 5.56 Å². The lowest BCUT2D eigenvalue weighted by Gasteiger charge is -2.23. The highest BCUT2D eigenvalue weighted by Crippen LogP contribution is 2.26. The van der Waals surface area contributed by atoms with Gasteiger partial charge in [0.1, 0.15) is 6.17 Å². The smallest absolute Gasteiger partial charge is 0.241 e. The molecule has 0 saturated carbocycles. The van der Waals surface area contributed by atoms with E-state index in [1.165, 1.54) is 0 Å². The molecule has 1 aliphatic heterocycles. The SMILES string of the molecule is COCCOCCN1C(=O)C(C)NC1c1ccsc1. The van der Waals surface area contributed by atoms with Crippen molar-refractivity contribution in [2.24, 2.45) is 0 Å². The Hall–Kier alpha value is -0.950. The number of rotatable bonds is 7. The minimum atomic E-state index is -0.135. The standard InChI is InChI=1S/C13H20N2O3S/c1-10-13(16)15(4-5-18-7-6-17-2)12(14-10)11-3-8-19-9-11/h3,8-10,12,14H,4-7H2,1-2H3. The quantitative estimate of drug-likeness (QED) is 0.765. The van der Waals surface area contributed by atoms with Crippen molar-refractivity contribution in [1.29, 1.82) is 0 Å². The van der Waals surface area contributed by atoms with Crippen molar-refractivity contribution >= 4 is 17.2 Å². The molecule has 1 aromatic heterocycles. The molecule has 2 rings (SSSR count). The van der Waals surface area contributed by atoms with Crippen molar-refractivity contribution < 1.29 is 14.3 Å². The first-order chi connectivity index (χ1) is 9.24. The number of carbonyl (C=O) groups is 1. The summed E-state index contributed by atoms with van der Waals surface area (Å²) in [5.74, 6) is 0.131. The number of nitrogens with zero attached hydrogens (tertiary/aromatic N) is 1. The van der Waals surface area contributed by atoms with Crippen LogP contribution in [0.4, 0.5) is 0 Å². The van der Waals surface area contributed by atoms with E-state index in [0.29, 0.717) is 26.4 Å². The van der Waals surface area contributed by atoms with Gasteiger partial charge in [0.2, 0.25) is 5.91 Å². The fourth-order valence-electron chi connectivity index (χ4n) is 2.13. The van der Waals surface area contributed by atoms with Crippen LogP contribution in [0.5, 0.6) is 0 Å². The summed E-state index contributed by atoms with van der Waals surface area (Å²) in [5.41, 5.74) is 1.14. The molecule has 2 atom stereocenters. The van der Waals surface area contributed by atoms with Crippen LogP contribution in [-0.4, -0.2) is 50.3 Å². The Kier molecular flexibility index (Phi) is 5.33. The number of methoxy groups -OCH3 is 1. The third kappa shape index (κ3) is 3.54. The number of ether oxygens (including phenoxy) is 2. The molecule has 1 N–H and O–H groups in total. The van der Waals surface area contributed by atoms with Gasteiger partial charge in [-0.2, -0.15) is 11.3 Å². The molecular formula is C13H20N2O3S. The largest absolute Gasteiger partial charge is 0.382 e. The van der Waals surface area contributed by atoms with Crippen LogP contribution >= 0.6 is 11.3 Å². The van der Waals surface area contributed by atoms with Gasteiger partial charge in [0, 0.05) is 13.7 Å². The van der Waals surface area contributed by atoms with Crippen molar-refractivity contribution in [3.05, 3.63) is 22.4 Å². The zero-order valence-electron chi connectivity index (χ0n) is 11.3. The van der Waals surface area contributed by atoms with Crippen LogP contribution in [0.1, 0.15) is 18.7 Å². The summed E-state index contributed by atoms with van der Waals surface area (Å²) in [4.78, 5) is 14.0. The number of nitrogens with one attached hydrogen (secondary N) is 1. The van der Waals surface area contributed by atoms with E-state index in [1.807, 2.05) is 23.3 Å². The maximum absolute atomic E-state index is 12.1. The Morgan fingerprint density at radius 3 is 2.95 bits per heavy atom. The van der Waals surface area contributed by atoms with E-state index in [1.54, 1.807) is 18.4 Å². The zero-order valence-corrected chi connectivity index (χ0v) is 12.1. The van der Waals surface area contributed by atoms with Crippen LogP contribution < -0.4 is 5.32 Å². The minimum absolute atomic E-state index is 0.0280. The van der Waals surface area contributed by atoms with Crippen LogP contribution in [0.3, 0.4) is 0 Å². The molecular weight excluding hydrogens is 264 g/mol. The van der Waals surface area contributed by atoms with Gasteiger partial charge in [-0.15, -0.1) is 0 Å². The number of hydrogen-bond acceptors (Lipinski definition) is 5. The lowest BCUT2D eigenvalue weighted by Crippen LogP contribution is -2.33. The van der Waals surface area contributed by atoms with Crippen molar-refractivity contribution in [2.45, 2.75) is 19.1 Å².